The first kappa shape index (κ1) is 16.1. The highest BCUT2D eigenvalue weighted by Crippen LogP contribution is 2.21. The van der Waals surface area contributed by atoms with Crippen LogP contribution in [0.5, 0.6) is 0 Å². The summed E-state index contributed by atoms with van der Waals surface area (Å²) in [5, 5.41) is 8.82. The van der Waals surface area contributed by atoms with Crippen LogP contribution in [0.15, 0.2) is 24.3 Å². The van der Waals surface area contributed by atoms with Gasteiger partial charge in [0, 0.05) is 19.6 Å². The zero-order valence-corrected chi connectivity index (χ0v) is 13.9. The molecule has 2 rings (SSSR count). The van der Waals surface area contributed by atoms with Crippen LogP contribution in [0, 0.1) is 0 Å². The minimum Gasteiger partial charge on any atom is -0.307 e. The Bertz CT molecular complexity index is 572. The first-order valence-corrected chi connectivity index (χ1v) is 8.09. The van der Waals surface area contributed by atoms with Crippen molar-refractivity contribution >= 4 is 11.6 Å². The second-order valence-electron chi connectivity index (χ2n) is 5.15. The molecule has 114 valence electrons. The minimum atomic E-state index is 0.745. The van der Waals surface area contributed by atoms with Gasteiger partial charge in [0.25, 0.3) is 0 Å². The molecule has 0 bridgehead atoms. The van der Waals surface area contributed by atoms with Crippen LogP contribution in [0.1, 0.15) is 43.3 Å². The Kier molecular flexibility index (Phi) is 5.83. The number of aryl methyl sites for hydroxylation is 3. The van der Waals surface area contributed by atoms with Gasteiger partial charge in [-0.05, 0) is 30.9 Å². The number of hydrogen-bond acceptors (Lipinski definition) is 2. The largest absolute Gasteiger partial charge is 0.307 e. The van der Waals surface area contributed by atoms with E-state index in [4.69, 9.17) is 11.6 Å². The van der Waals surface area contributed by atoms with Gasteiger partial charge in [-0.25, -0.2) is 0 Å². The molecule has 1 N–H and O–H groups in total. The van der Waals surface area contributed by atoms with Gasteiger partial charge in [-0.15, -0.1) is 0 Å². The van der Waals surface area contributed by atoms with Crippen LogP contribution in [0.25, 0.3) is 0 Å². The summed E-state index contributed by atoms with van der Waals surface area (Å²) in [6.07, 6.45) is 1.95. The Balaban J connectivity index is 1.97. The number of halogens is 1. The average molecular weight is 306 g/mol. The number of benzene rings is 1. The van der Waals surface area contributed by atoms with E-state index < -0.39 is 0 Å². The molecule has 0 aliphatic heterocycles. The van der Waals surface area contributed by atoms with Gasteiger partial charge in [-0.1, -0.05) is 49.7 Å². The molecule has 2 aromatic rings. The maximum Gasteiger partial charge on any atom is 0.0863 e. The molecule has 0 radical (unpaired) electrons. The second-order valence-corrected chi connectivity index (χ2v) is 5.53. The van der Waals surface area contributed by atoms with Crippen LogP contribution in [-0.4, -0.2) is 9.78 Å². The Labute approximate surface area is 132 Å². The summed E-state index contributed by atoms with van der Waals surface area (Å²) in [7, 11) is 0. The zero-order valence-electron chi connectivity index (χ0n) is 13.1. The van der Waals surface area contributed by atoms with Gasteiger partial charge in [0.2, 0.25) is 0 Å². The summed E-state index contributed by atoms with van der Waals surface area (Å²) in [5.74, 6) is 0. The smallest absolute Gasteiger partial charge is 0.0863 e. The van der Waals surface area contributed by atoms with Crippen molar-refractivity contribution in [3.8, 4) is 0 Å². The lowest BCUT2D eigenvalue weighted by atomic mass is 10.1. The lowest BCUT2D eigenvalue weighted by Gasteiger charge is -2.08. The predicted octanol–water partition coefficient (Wildman–Crippen LogP) is 3.97. The van der Waals surface area contributed by atoms with Crippen LogP contribution in [-0.2, 0) is 32.5 Å². The third-order valence-corrected chi connectivity index (χ3v) is 4.18. The molecule has 0 unspecified atom stereocenters. The molecule has 21 heavy (non-hydrogen) atoms. The molecule has 1 aromatic carbocycles. The monoisotopic (exact) mass is 305 g/mol. The first-order valence-electron chi connectivity index (χ1n) is 7.72. The summed E-state index contributed by atoms with van der Waals surface area (Å²) in [5.41, 5.74) is 4.74. The molecule has 0 fully saturated rings. The van der Waals surface area contributed by atoms with Crippen LogP contribution in [0.2, 0.25) is 5.02 Å². The maximum atomic E-state index is 6.41. The lowest BCUT2D eigenvalue weighted by Crippen LogP contribution is -2.16. The number of nitrogens with zero attached hydrogens (tertiary/aromatic N) is 2. The third kappa shape index (κ3) is 3.86. The number of nitrogens with one attached hydrogen (secondary N) is 1. The molecule has 0 amide bonds. The van der Waals surface area contributed by atoms with E-state index in [9.17, 15) is 0 Å². The number of rotatable bonds is 7. The Morgan fingerprint density at radius 3 is 2.24 bits per heavy atom. The molecule has 0 saturated heterocycles. The van der Waals surface area contributed by atoms with Crippen LogP contribution >= 0.6 is 11.6 Å². The Hall–Kier alpha value is -1.32. The fourth-order valence-electron chi connectivity index (χ4n) is 2.40. The molecule has 0 atom stereocenters. The SMILES string of the molecule is CCc1ccc(CNCc2c(Cl)c(CC)nn2CC)cc1. The standard InChI is InChI=1S/C17H24ClN3/c1-4-13-7-9-14(10-8-13)11-19-12-16-17(18)15(5-2)20-21(16)6-3/h7-10,19H,4-6,11-12H2,1-3H3. The topological polar surface area (TPSA) is 29.9 Å². The van der Waals surface area contributed by atoms with E-state index >= 15 is 0 Å². The highest BCUT2D eigenvalue weighted by Gasteiger charge is 2.13. The van der Waals surface area contributed by atoms with Crippen LogP contribution in [0.4, 0.5) is 0 Å². The van der Waals surface area contributed by atoms with E-state index in [0.29, 0.717) is 0 Å². The van der Waals surface area contributed by atoms with Gasteiger partial charge in [-0.2, -0.15) is 5.10 Å². The summed E-state index contributed by atoms with van der Waals surface area (Å²) in [6, 6.07) is 8.75. The van der Waals surface area contributed by atoms with Crippen LogP contribution in [0.3, 0.4) is 0 Å². The first-order chi connectivity index (χ1) is 10.2. The highest BCUT2D eigenvalue weighted by atomic mass is 35.5. The average Bonchev–Trinajstić information content (AvgIpc) is 2.84. The van der Waals surface area contributed by atoms with E-state index in [0.717, 1.165) is 48.9 Å². The van der Waals surface area contributed by atoms with Crippen molar-refractivity contribution in [1.29, 1.82) is 0 Å². The van der Waals surface area contributed by atoms with Gasteiger partial charge in [0.15, 0.2) is 0 Å². The third-order valence-electron chi connectivity index (χ3n) is 3.75. The summed E-state index contributed by atoms with van der Waals surface area (Å²) < 4.78 is 1.99. The van der Waals surface area contributed by atoms with Crippen LogP contribution < -0.4 is 5.32 Å². The van der Waals surface area contributed by atoms with Gasteiger partial charge in [-0.3, -0.25) is 4.68 Å². The van der Waals surface area contributed by atoms with Crippen molar-refractivity contribution in [3.05, 3.63) is 51.8 Å². The van der Waals surface area contributed by atoms with Gasteiger partial charge in [0.1, 0.15) is 0 Å². The van der Waals surface area contributed by atoms with E-state index in [-0.39, 0.29) is 0 Å². The molecule has 1 aromatic heterocycles. The molecule has 0 aliphatic carbocycles. The van der Waals surface area contributed by atoms with Crippen molar-refractivity contribution in [2.75, 3.05) is 0 Å². The molecule has 0 spiro atoms. The van der Waals surface area contributed by atoms with Crippen molar-refractivity contribution in [3.63, 3.8) is 0 Å². The minimum absolute atomic E-state index is 0.745. The van der Waals surface area contributed by atoms with E-state index in [2.05, 4.69) is 55.5 Å². The molecule has 4 heteroatoms. The molecular formula is C17H24ClN3. The van der Waals surface area contributed by atoms with E-state index in [1.807, 2.05) is 4.68 Å². The van der Waals surface area contributed by atoms with E-state index in [1.165, 1.54) is 11.1 Å². The molecule has 0 aliphatic rings. The summed E-state index contributed by atoms with van der Waals surface area (Å²) >= 11 is 6.41. The lowest BCUT2D eigenvalue weighted by molar-refractivity contribution is 0.577. The summed E-state index contributed by atoms with van der Waals surface area (Å²) in [4.78, 5) is 0. The fourth-order valence-corrected chi connectivity index (χ4v) is 2.74. The number of hydrogen-bond donors (Lipinski definition) is 1. The van der Waals surface area contributed by atoms with Gasteiger partial charge < -0.3 is 5.32 Å². The maximum absolute atomic E-state index is 6.41. The van der Waals surface area contributed by atoms with Crippen molar-refractivity contribution in [1.82, 2.24) is 15.1 Å². The zero-order chi connectivity index (χ0) is 15.2. The summed E-state index contributed by atoms with van der Waals surface area (Å²) in [6.45, 7) is 8.79. The van der Waals surface area contributed by atoms with Crippen molar-refractivity contribution in [2.24, 2.45) is 0 Å². The quantitative estimate of drug-likeness (QED) is 0.839. The fraction of sp³-hybridized carbons (Fsp3) is 0.471. The highest BCUT2D eigenvalue weighted by molar-refractivity contribution is 6.31. The van der Waals surface area contributed by atoms with Crippen molar-refractivity contribution < 1.29 is 0 Å². The second kappa shape index (κ2) is 7.62. The van der Waals surface area contributed by atoms with Crippen molar-refractivity contribution in [2.45, 2.75) is 53.2 Å². The Morgan fingerprint density at radius 1 is 1.00 bits per heavy atom. The van der Waals surface area contributed by atoms with Gasteiger partial charge in [0.05, 0.1) is 16.4 Å². The molecular weight excluding hydrogens is 282 g/mol. The molecule has 0 saturated carbocycles. The van der Waals surface area contributed by atoms with Gasteiger partial charge >= 0.3 is 0 Å². The predicted molar refractivity (Wildman–Crippen MR) is 88.7 cm³/mol. The number of aromatic nitrogens is 2. The van der Waals surface area contributed by atoms with E-state index in [1.54, 1.807) is 0 Å². The molecule has 3 nitrogen and oxygen atoms in total. The molecule has 1 heterocycles. The Morgan fingerprint density at radius 2 is 1.67 bits per heavy atom. The normalized spacial score (nSPS) is 11.0.